The predicted octanol–water partition coefficient (Wildman–Crippen LogP) is 6.28. The Kier molecular flexibility index (Phi) is 15.8. The van der Waals surface area contributed by atoms with Gasteiger partial charge < -0.3 is 34.2 Å². The van der Waals surface area contributed by atoms with Crippen LogP contribution in [0.2, 0.25) is 0 Å². The first-order chi connectivity index (χ1) is 22.4. The number of likely N-dealkylation sites (tertiary alicyclic amines) is 2. The number of hydrogen-bond acceptors (Lipinski definition) is 8. The topological polar surface area (TPSA) is 126 Å². The monoisotopic (exact) mass is 660 g/mol. The van der Waals surface area contributed by atoms with Gasteiger partial charge in [0, 0.05) is 46.3 Å². The number of carbonyl (C=O) groups is 3. The molecule has 10 nitrogen and oxygen atoms in total. The maximum Gasteiger partial charge on any atom is 0.410 e. The molecule has 2 heterocycles. The van der Waals surface area contributed by atoms with Gasteiger partial charge in [0.05, 0.1) is 6.61 Å². The summed E-state index contributed by atoms with van der Waals surface area (Å²) in [5, 5.41) is 17.9. The van der Waals surface area contributed by atoms with Crippen LogP contribution in [0.4, 0.5) is 9.59 Å². The van der Waals surface area contributed by atoms with E-state index in [9.17, 15) is 14.4 Å². The maximum absolute atomic E-state index is 12.1. The van der Waals surface area contributed by atoms with Gasteiger partial charge in [0.1, 0.15) is 12.2 Å². The van der Waals surface area contributed by atoms with Crippen molar-refractivity contribution in [2.75, 3.05) is 46.0 Å². The average Bonchev–Trinajstić information content (AvgIpc) is 3.98. The third-order valence-electron chi connectivity index (χ3n) is 9.71. The molecule has 1 aromatic carbocycles. The summed E-state index contributed by atoms with van der Waals surface area (Å²) in [6.07, 6.45) is 8.42. The van der Waals surface area contributed by atoms with Gasteiger partial charge in [-0.15, -0.1) is 0 Å². The minimum atomic E-state index is -0.406. The highest BCUT2D eigenvalue weighted by molar-refractivity contribution is 5.68. The highest BCUT2D eigenvalue weighted by Crippen LogP contribution is 2.50. The number of rotatable bonds is 9. The van der Waals surface area contributed by atoms with E-state index in [0.717, 1.165) is 106 Å². The van der Waals surface area contributed by atoms with Crippen LogP contribution in [0.15, 0.2) is 30.3 Å². The van der Waals surface area contributed by atoms with Crippen LogP contribution in [0.25, 0.3) is 0 Å². The Bertz CT molecular complexity index is 1080. The minimum absolute atomic E-state index is 0.173. The number of aliphatic hydroxyl groups is 2. The lowest BCUT2D eigenvalue weighted by molar-refractivity contribution is -0.140. The van der Waals surface area contributed by atoms with E-state index < -0.39 is 5.60 Å². The van der Waals surface area contributed by atoms with Crippen LogP contribution in [-0.4, -0.2) is 89.8 Å². The number of hydrogen-bond donors (Lipinski definition) is 2. The zero-order chi connectivity index (χ0) is 34.4. The lowest BCUT2D eigenvalue weighted by atomic mass is 9.91. The van der Waals surface area contributed by atoms with Crippen molar-refractivity contribution in [2.45, 2.75) is 98.2 Å². The number of aliphatic hydroxyl groups excluding tert-OH is 2. The number of ether oxygens (including phenoxy) is 3. The quantitative estimate of drug-likeness (QED) is 0.234. The maximum atomic E-state index is 12.1. The molecule has 2 aliphatic carbocycles. The summed E-state index contributed by atoms with van der Waals surface area (Å²) in [6, 6.07) is 9.79. The molecule has 0 spiro atoms. The Morgan fingerprint density at radius 1 is 0.766 bits per heavy atom. The second kappa shape index (κ2) is 19.2. The van der Waals surface area contributed by atoms with Crippen molar-refractivity contribution in [2.24, 2.45) is 35.5 Å². The van der Waals surface area contributed by atoms with Gasteiger partial charge >= 0.3 is 18.2 Å². The van der Waals surface area contributed by atoms with Gasteiger partial charge in [-0.2, -0.15) is 0 Å². The molecule has 2 N–H and O–H groups in total. The Labute approximate surface area is 282 Å². The summed E-state index contributed by atoms with van der Waals surface area (Å²) in [7, 11) is 0. The second-order valence-corrected chi connectivity index (χ2v) is 14.4. The molecule has 47 heavy (non-hydrogen) atoms. The molecule has 4 fully saturated rings. The van der Waals surface area contributed by atoms with E-state index in [-0.39, 0.29) is 18.2 Å². The fraction of sp³-hybridized carbons (Fsp3) is 0.757. The average molecular weight is 661 g/mol. The Balaban J connectivity index is 0.000000220. The minimum Gasteiger partial charge on any atom is -0.466 e. The van der Waals surface area contributed by atoms with Gasteiger partial charge in [0.2, 0.25) is 0 Å². The molecule has 0 bridgehead atoms. The molecule has 2 aliphatic heterocycles. The summed E-state index contributed by atoms with van der Waals surface area (Å²) >= 11 is 0. The molecular weight excluding hydrogens is 600 g/mol. The van der Waals surface area contributed by atoms with Gasteiger partial charge in [-0.05, 0) is 120 Å². The fourth-order valence-corrected chi connectivity index (χ4v) is 7.05. The first kappa shape index (κ1) is 38.6. The van der Waals surface area contributed by atoms with Crippen LogP contribution in [0.3, 0.4) is 0 Å². The van der Waals surface area contributed by atoms with Crippen LogP contribution in [0.1, 0.15) is 91.5 Å². The Morgan fingerprint density at radius 2 is 1.23 bits per heavy atom. The Morgan fingerprint density at radius 3 is 1.62 bits per heavy atom. The lowest BCUT2D eigenvalue weighted by Gasteiger charge is -2.33. The molecule has 0 aromatic heterocycles. The first-order valence-corrected chi connectivity index (χ1v) is 17.7. The highest BCUT2D eigenvalue weighted by Gasteiger charge is 2.44. The van der Waals surface area contributed by atoms with Crippen LogP contribution < -0.4 is 0 Å². The molecule has 2 saturated carbocycles. The van der Waals surface area contributed by atoms with Crippen LogP contribution in [0.5, 0.6) is 0 Å². The van der Waals surface area contributed by atoms with E-state index in [4.69, 9.17) is 19.7 Å². The van der Waals surface area contributed by atoms with Gasteiger partial charge in [0.25, 0.3) is 0 Å². The molecule has 4 atom stereocenters. The molecule has 266 valence electrons. The van der Waals surface area contributed by atoms with Gasteiger partial charge in [-0.1, -0.05) is 30.3 Å². The summed E-state index contributed by atoms with van der Waals surface area (Å²) in [5.74, 6) is 4.32. The van der Waals surface area contributed by atoms with Crippen molar-refractivity contribution in [1.82, 2.24) is 9.80 Å². The SMILES string of the molecule is CC(C)(C)OC(=O)N1CCC([C@H]2C[C@@H]2CCO)CC1.CCOC(C)=O.O=C(OCc1ccccc1)N1CCC([C@H]2C[C@@H]2CCO)CC1. The van der Waals surface area contributed by atoms with Crippen LogP contribution >= 0.6 is 0 Å². The number of carbonyl (C=O) groups excluding carboxylic acids is 3. The molecule has 0 radical (unpaired) electrons. The van der Waals surface area contributed by atoms with Gasteiger partial charge in [-0.3, -0.25) is 4.79 Å². The van der Waals surface area contributed by atoms with E-state index >= 15 is 0 Å². The highest BCUT2D eigenvalue weighted by atomic mass is 16.6. The number of nitrogens with zero attached hydrogens (tertiary/aromatic N) is 2. The van der Waals surface area contributed by atoms with Crippen molar-refractivity contribution in [3.63, 3.8) is 0 Å². The first-order valence-electron chi connectivity index (χ1n) is 17.7. The smallest absolute Gasteiger partial charge is 0.410 e. The van der Waals surface area contributed by atoms with Gasteiger partial charge in [0.15, 0.2) is 0 Å². The van der Waals surface area contributed by atoms with Crippen LogP contribution in [-0.2, 0) is 25.6 Å². The zero-order valence-electron chi connectivity index (χ0n) is 29.4. The van der Waals surface area contributed by atoms with Crippen molar-refractivity contribution in [1.29, 1.82) is 0 Å². The summed E-state index contributed by atoms with van der Waals surface area (Å²) in [6.45, 7) is 13.6. The van der Waals surface area contributed by atoms with Crippen molar-refractivity contribution >= 4 is 18.2 Å². The third-order valence-corrected chi connectivity index (χ3v) is 9.71. The predicted molar refractivity (Wildman–Crippen MR) is 180 cm³/mol. The van der Waals surface area contributed by atoms with E-state index in [2.05, 4.69) is 4.74 Å². The molecule has 1 aromatic rings. The van der Waals surface area contributed by atoms with E-state index in [1.165, 1.54) is 19.8 Å². The van der Waals surface area contributed by atoms with Crippen LogP contribution in [0, 0.1) is 35.5 Å². The molecule has 2 saturated heterocycles. The van der Waals surface area contributed by atoms with E-state index in [0.29, 0.717) is 26.4 Å². The fourth-order valence-electron chi connectivity index (χ4n) is 7.05. The normalized spacial score (nSPS) is 24.1. The summed E-state index contributed by atoms with van der Waals surface area (Å²) in [5.41, 5.74) is 0.618. The van der Waals surface area contributed by atoms with E-state index in [1.807, 2.05) is 60.9 Å². The Hall–Kier alpha value is -2.85. The largest absolute Gasteiger partial charge is 0.466 e. The number of esters is 1. The standard InChI is InChI=1S/C18H25NO3.C15H27NO3.C4H8O2/c20-11-8-16-12-17(16)15-6-9-19(10-7-15)18(21)22-13-14-4-2-1-3-5-14;1-15(2,3)19-14(18)16-7-4-11(5-8-16)13-10-12(13)6-9-17;1-3-6-4(2)5/h1-5,15-17,20H,6-13H2;11-13,17H,4-10H2,1-3H3;3H2,1-2H3/t16-,17+;12-,13+;/m00./s1. The van der Waals surface area contributed by atoms with Crippen molar-refractivity contribution in [3.8, 4) is 0 Å². The molecule has 4 aliphatic rings. The molecule has 2 amide bonds. The number of benzene rings is 1. The van der Waals surface area contributed by atoms with E-state index in [1.54, 1.807) is 6.92 Å². The zero-order valence-corrected chi connectivity index (χ0v) is 29.4. The summed E-state index contributed by atoms with van der Waals surface area (Å²) < 4.78 is 15.2. The molecule has 5 rings (SSSR count). The molecular formula is C37H60N2O8. The second-order valence-electron chi connectivity index (χ2n) is 14.4. The van der Waals surface area contributed by atoms with Gasteiger partial charge in [-0.25, -0.2) is 9.59 Å². The lowest BCUT2D eigenvalue weighted by Crippen LogP contribution is -2.42. The van der Waals surface area contributed by atoms with Crippen molar-refractivity contribution < 1.29 is 38.8 Å². The number of piperidine rings is 2. The summed E-state index contributed by atoms with van der Waals surface area (Å²) in [4.78, 5) is 37.5. The molecule has 0 unspecified atom stereocenters. The molecule has 10 heteroatoms. The van der Waals surface area contributed by atoms with Crippen molar-refractivity contribution in [3.05, 3.63) is 35.9 Å². The number of amides is 2. The third kappa shape index (κ3) is 14.0.